The molecule has 4 rings (SSSR count). The summed E-state index contributed by atoms with van der Waals surface area (Å²) < 4.78 is 0. The fourth-order valence-electron chi connectivity index (χ4n) is 4.76. The van der Waals surface area contributed by atoms with Gasteiger partial charge in [-0.25, -0.2) is 0 Å². The molecular weight excluding hydrogens is 336 g/mol. The minimum absolute atomic E-state index is 0.518. The van der Waals surface area contributed by atoms with Crippen molar-refractivity contribution in [3.8, 4) is 0 Å². The van der Waals surface area contributed by atoms with Gasteiger partial charge in [0.15, 0.2) is 0 Å². The highest BCUT2D eigenvalue weighted by molar-refractivity contribution is 5.34. The first-order valence-corrected chi connectivity index (χ1v) is 10.5. The summed E-state index contributed by atoms with van der Waals surface area (Å²) in [7, 11) is 0. The van der Waals surface area contributed by atoms with E-state index in [2.05, 4.69) is 98.4 Å². The molecule has 0 heteroatoms. The second-order valence-corrected chi connectivity index (χ2v) is 8.51. The third kappa shape index (κ3) is 4.44. The Kier molecular flexibility index (Phi) is 5.76. The van der Waals surface area contributed by atoms with Crippen molar-refractivity contribution in [1.29, 1.82) is 0 Å². The normalized spacial score (nSPS) is 18.6. The van der Waals surface area contributed by atoms with E-state index in [-0.39, 0.29) is 0 Å². The van der Waals surface area contributed by atoms with Crippen LogP contribution in [0.25, 0.3) is 0 Å². The number of allylic oxidation sites excluding steroid dienone is 1. The number of hydrogen-bond acceptors (Lipinski definition) is 0. The molecule has 0 aliphatic heterocycles. The molecule has 1 saturated carbocycles. The van der Waals surface area contributed by atoms with Crippen molar-refractivity contribution in [2.24, 2.45) is 11.8 Å². The molecule has 28 heavy (non-hydrogen) atoms. The number of benzene rings is 3. The maximum Gasteiger partial charge on any atom is 0.0118 e. The molecule has 0 nitrogen and oxygen atoms in total. The summed E-state index contributed by atoms with van der Waals surface area (Å²) in [5.41, 5.74) is 7.00. The van der Waals surface area contributed by atoms with E-state index in [9.17, 15) is 0 Å². The monoisotopic (exact) mass is 366 g/mol. The standard InChI is InChI=1S/C28H30/c1-21-13-15-23(16-14-21)17-22(2)18-24-19-27(20-24)28(25-9-5-3-6-10-25)26-11-7-4-8-12-26/h3-16,24,27-28H,2,17-20H2,1H3. The van der Waals surface area contributed by atoms with Gasteiger partial charge in [0.25, 0.3) is 0 Å². The Labute approximate surface area is 169 Å². The molecule has 1 fully saturated rings. The Morgan fingerprint density at radius 1 is 0.821 bits per heavy atom. The Morgan fingerprint density at radius 3 is 1.89 bits per heavy atom. The van der Waals surface area contributed by atoms with Crippen LogP contribution in [0, 0.1) is 18.8 Å². The van der Waals surface area contributed by atoms with Gasteiger partial charge in [0.2, 0.25) is 0 Å². The van der Waals surface area contributed by atoms with Crippen LogP contribution in [0.3, 0.4) is 0 Å². The molecule has 3 aromatic rings. The molecule has 0 saturated heterocycles. The van der Waals surface area contributed by atoms with Crippen LogP contribution in [0.1, 0.15) is 47.4 Å². The molecule has 142 valence electrons. The molecule has 0 amide bonds. The lowest BCUT2D eigenvalue weighted by Crippen LogP contribution is -2.30. The summed E-state index contributed by atoms with van der Waals surface area (Å²) in [6, 6.07) is 31.0. The molecule has 0 bridgehead atoms. The van der Waals surface area contributed by atoms with Gasteiger partial charge in [-0.3, -0.25) is 0 Å². The number of hydrogen-bond donors (Lipinski definition) is 0. The average Bonchev–Trinajstić information content (AvgIpc) is 2.70. The zero-order chi connectivity index (χ0) is 19.3. The van der Waals surface area contributed by atoms with Crippen molar-refractivity contribution >= 4 is 0 Å². The predicted octanol–water partition coefficient (Wildman–Crippen LogP) is 7.34. The molecule has 0 heterocycles. The SMILES string of the molecule is C=C(Cc1ccc(C)cc1)CC1CC(C(c2ccccc2)c2ccccc2)C1. The highest BCUT2D eigenvalue weighted by Crippen LogP contribution is 2.48. The van der Waals surface area contributed by atoms with Crippen LogP contribution in [0.4, 0.5) is 0 Å². The van der Waals surface area contributed by atoms with Crippen molar-refractivity contribution in [3.63, 3.8) is 0 Å². The van der Waals surface area contributed by atoms with Crippen LogP contribution in [-0.2, 0) is 6.42 Å². The van der Waals surface area contributed by atoms with E-state index in [4.69, 9.17) is 0 Å². The third-order valence-corrected chi connectivity index (χ3v) is 6.21. The van der Waals surface area contributed by atoms with Gasteiger partial charge in [0, 0.05) is 5.92 Å². The van der Waals surface area contributed by atoms with E-state index in [1.54, 1.807) is 0 Å². The molecule has 1 aliphatic carbocycles. The van der Waals surface area contributed by atoms with E-state index in [1.807, 2.05) is 0 Å². The Balaban J connectivity index is 1.38. The van der Waals surface area contributed by atoms with Gasteiger partial charge in [-0.2, -0.15) is 0 Å². The second kappa shape index (κ2) is 8.61. The number of aryl methyl sites for hydroxylation is 1. The Bertz CT molecular complexity index is 844. The first kappa shape index (κ1) is 18.7. The van der Waals surface area contributed by atoms with Crippen molar-refractivity contribution < 1.29 is 0 Å². The van der Waals surface area contributed by atoms with E-state index in [0.717, 1.165) is 18.3 Å². The van der Waals surface area contributed by atoms with E-state index in [1.165, 1.54) is 47.1 Å². The summed E-state index contributed by atoms with van der Waals surface area (Å²) in [5.74, 6) is 2.05. The zero-order valence-corrected chi connectivity index (χ0v) is 16.9. The summed E-state index contributed by atoms with van der Waals surface area (Å²) in [6.07, 6.45) is 4.80. The molecule has 3 aromatic carbocycles. The molecule has 0 spiro atoms. The second-order valence-electron chi connectivity index (χ2n) is 8.51. The van der Waals surface area contributed by atoms with Gasteiger partial charge in [-0.15, -0.1) is 0 Å². The van der Waals surface area contributed by atoms with Crippen LogP contribution in [0.2, 0.25) is 0 Å². The molecule has 0 aromatic heterocycles. The fourth-order valence-corrected chi connectivity index (χ4v) is 4.76. The Hall–Kier alpha value is -2.60. The van der Waals surface area contributed by atoms with Crippen molar-refractivity contribution in [1.82, 2.24) is 0 Å². The number of rotatable bonds is 7. The van der Waals surface area contributed by atoms with Crippen LogP contribution >= 0.6 is 0 Å². The third-order valence-electron chi connectivity index (χ3n) is 6.21. The predicted molar refractivity (Wildman–Crippen MR) is 120 cm³/mol. The molecule has 0 atom stereocenters. The molecule has 1 aliphatic rings. The summed E-state index contributed by atoms with van der Waals surface area (Å²) >= 11 is 0. The van der Waals surface area contributed by atoms with Crippen LogP contribution in [-0.4, -0.2) is 0 Å². The molecular formula is C28H30. The first-order valence-electron chi connectivity index (χ1n) is 10.5. The van der Waals surface area contributed by atoms with Gasteiger partial charge >= 0.3 is 0 Å². The van der Waals surface area contributed by atoms with Crippen molar-refractivity contribution in [2.45, 2.75) is 38.5 Å². The van der Waals surface area contributed by atoms with Crippen LogP contribution in [0.15, 0.2) is 97.1 Å². The Morgan fingerprint density at radius 2 is 1.36 bits per heavy atom. The first-order chi connectivity index (χ1) is 13.7. The van der Waals surface area contributed by atoms with Gasteiger partial charge in [-0.05, 0) is 61.1 Å². The summed E-state index contributed by atoms with van der Waals surface area (Å²) in [4.78, 5) is 0. The quantitative estimate of drug-likeness (QED) is 0.384. The zero-order valence-electron chi connectivity index (χ0n) is 16.9. The smallest absolute Gasteiger partial charge is 0.0118 e. The van der Waals surface area contributed by atoms with E-state index in [0.29, 0.717) is 5.92 Å². The minimum atomic E-state index is 0.518. The lowest BCUT2D eigenvalue weighted by atomic mass is 9.63. The fraction of sp³-hybridized carbons (Fsp3) is 0.286. The largest absolute Gasteiger partial charge is 0.0995 e. The van der Waals surface area contributed by atoms with Gasteiger partial charge < -0.3 is 0 Å². The van der Waals surface area contributed by atoms with E-state index >= 15 is 0 Å². The van der Waals surface area contributed by atoms with Gasteiger partial charge in [-0.1, -0.05) is 103 Å². The van der Waals surface area contributed by atoms with Gasteiger partial charge in [0.1, 0.15) is 0 Å². The van der Waals surface area contributed by atoms with E-state index < -0.39 is 0 Å². The van der Waals surface area contributed by atoms with Crippen molar-refractivity contribution in [2.75, 3.05) is 0 Å². The molecule has 0 unspecified atom stereocenters. The molecule has 0 radical (unpaired) electrons. The highest BCUT2D eigenvalue weighted by atomic mass is 14.4. The molecule has 0 N–H and O–H groups in total. The topological polar surface area (TPSA) is 0 Å². The lowest BCUT2D eigenvalue weighted by molar-refractivity contribution is 0.172. The maximum absolute atomic E-state index is 4.38. The van der Waals surface area contributed by atoms with Gasteiger partial charge in [0.05, 0.1) is 0 Å². The summed E-state index contributed by atoms with van der Waals surface area (Å²) in [5, 5.41) is 0. The van der Waals surface area contributed by atoms with Crippen LogP contribution < -0.4 is 0 Å². The average molecular weight is 367 g/mol. The highest BCUT2D eigenvalue weighted by Gasteiger charge is 2.36. The summed E-state index contributed by atoms with van der Waals surface area (Å²) in [6.45, 7) is 6.52. The van der Waals surface area contributed by atoms with Crippen LogP contribution in [0.5, 0.6) is 0 Å². The lowest BCUT2D eigenvalue weighted by Gasteiger charge is -2.41. The van der Waals surface area contributed by atoms with Crippen molar-refractivity contribution in [3.05, 3.63) is 119 Å². The maximum atomic E-state index is 4.38. The minimum Gasteiger partial charge on any atom is -0.0995 e.